The van der Waals surface area contributed by atoms with Gasteiger partial charge in [0, 0.05) is 10.6 Å². The summed E-state index contributed by atoms with van der Waals surface area (Å²) in [4.78, 5) is 35.4. The fourth-order valence-electron chi connectivity index (χ4n) is 2.19. The Morgan fingerprint density at radius 1 is 0.929 bits per heavy atom. The molecule has 10 heteroatoms. The molecule has 28 heavy (non-hydrogen) atoms. The van der Waals surface area contributed by atoms with Crippen LogP contribution in [0.4, 0.5) is 0 Å². The zero-order valence-corrected chi connectivity index (χ0v) is 15.8. The van der Waals surface area contributed by atoms with Gasteiger partial charge in [0.2, 0.25) is 0 Å². The average molecular weight is 408 g/mol. The van der Waals surface area contributed by atoms with E-state index in [-0.39, 0.29) is 29.2 Å². The van der Waals surface area contributed by atoms with Crippen LogP contribution in [-0.4, -0.2) is 38.5 Å². The van der Waals surface area contributed by atoms with Gasteiger partial charge in [-0.3, -0.25) is 25.2 Å². The molecule has 148 valence electrons. The van der Waals surface area contributed by atoms with Crippen molar-refractivity contribution in [3.8, 4) is 17.2 Å². The van der Waals surface area contributed by atoms with Crippen LogP contribution < -0.4 is 30.8 Å². The highest BCUT2D eigenvalue weighted by Crippen LogP contribution is 2.28. The summed E-state index contributed by atoms with van der Waals surface area (Å²) in [6.45, 7) is -0.334. The van der Waals surface area contributed by atoms with Crippen molar-refractivity contribution < 1.29 is 28.6 Å². The standard InChI is InChI=1S/C18H18ClN3O6/c1-26-13-6-4-11(19)8-12(13)18(25)22-21-17(24)10-3-5-14(15(7-10)27-2)28-9-16(20)23/h3-8H,9H2,1-2H3,(H2,20,23)(H,21,24)(H,22,25). The summed E-state index contributed by atoms with van der Waals surface area (Å²) in [5.74, 6) is -1.10. The van der Waals surface area contributed by atoms with Crippen LogP contribution in [0.3, 0.4) is 0 Å². The Kier molecular flexibility index (Phi) is 7.05. The lowest BCUT2D eigenvalue weighted by Gasteiger charge is -2.13. The van der Waals surface area contributed by atoms with Crippen molar-refractivity contribution in [1.29, 1.82) is 0 Å². The first kappa shape index (κ1) is 20.8. The second-order valence-corrected chi connectivity index (χ2v) is 5.81. The molecule has 0 aliphatic rings. The van der Waals surface area contributed by atoms with Crippen LogP contribution in [0.25, 0.3) is 0 Å². The van der Waals surface area contributed by atoms with Crippen LogP contribution in [0.15, 0.2) is 36.4 Å². The number of amides is 3. The third-order valence-electron chi connectivity index (χ3n) is 3.49. The minimum atomic E-state index is -0.650. The molecular weight excluding hydrogens is 390 g/mol. The van der Waals surface area contributed by atoms with Crippen molar-refractivity contribution >= 4 is 29.3 Å². The Hall–Kier alpha value is -3.46. The highest BCUT2D eigenvalue weighted by Gasteiger charge is 2.16. The Morgan fingerprint density at radius 2 is 1.57 bits per heavy atom. The molecule has 0 atom stereocenters. The van der Waals surface area contributed by atoms with Crippen molar-refractivity contribution in [1.82, 2.24) is 10.9 Å². The number of methoxy groups -OCH3 is 2. The number of benzene rings is 2. The highest BCUT2D eigenvalue weighted by atomic mass is 35.5. The molecule has 0 aliphatic heterocycles. The molecule has 2 aromatic carbocycles. The largest absolute Gasteiger partial charge is 0.496 e. The molecule has 4 N–H and O–H groups in total. The van der Waals surface area contributed by atoms with E-state index in [4.69, 9.17) is 31.5 Å². The van der Waals surface area contributed by atoms with Crippen molar-refractivity contribution in [3.63, 3.8) is 0 Å². The Labute approximate surface area is 165 Å². The van der Waals surface area contributed by atoms with Gasteiger partial charge in [-0.05, 0) is 36.4 Å². The second-order valence-electron chi connectivity index (χ2n) is 5.37. The van der Waals surface area contributed by atoms with Crippen LogP contribution >= 0.6 is 11.6 Å². The van der Waals surface area contributed by atoms with E-state index < -0.39 is 17.7 Å². The third kappa shape index (κ3) is 5.27. The molecule has 0 bridgehead atoms. The van der Waals surface area contributed by atoms with E-state index in [2.05, 4.69) is 10.9 Å². The summed E-state index contributed by atoms with van der Waals surface area (Å²) in [5.41, 5.74) is 9.93. The Bertz CT molecular complexity index is 903. The highest BCUT2D eigenvalue weighted by molar-refractivity contribution is 6.31. The van der Waals surface area contributed by atoms with E-state index in [1.54, 1.807) is 6.07 Å². The number of carbonyl (C=O) groups excluding carboxylic acids is 3. The molecule has 0 saturated heterocycles. The van der Waals surface area contributed by atoms with Gasteiger partial charge in [0.15, 0.2) is 18.1 Å². The smallest absolute Gasteiger partial charge is 0.273 e. The number of carbonyl (C=O) groups is 3. The van der Waals surface area contributed by atoms with E-state index in [9.17, 15) is 14.4 Å². The van der Waals surface area contributed by atoms with Gasteiger partial charge in [0.05, 0.1) is 19.8 Å². The van der Waals surface area contributed by atoms with Crippen molar-refractivity contribution in [3.05, 3.63) is 52.5 Å². The molecule has 0 aromatic heterocycles. The molecule has 3 amide bonds. The summed E-state index contributed by atoms with van der Waals surface area (Å²) in [7, 11) is 2.79. The predicted octanol–water partition coefficient (Wildman–Crippen LogP) is 1.30. The van der Waals surface area contributed by atoms with E-state index >= 15 is 0 Å². The van der Waals surface area contributed by atoms with Crippen molar-refractivity contribution in [2.75, 3.05) is 20.8 Å². The topological polar surface area (TPSA) is 129 Å². The fourth-order valence-corrected chi connectivity index (χ4v) is 2.36. The van der Waals surface area contributed by atoms with Crippen molar-refractivity contribution in [2.24, 2.45) is 5.73 Å². The summed E-state index contributed by atoms with van der Waals surface area (Å²) < 4.78 is 15.4. The number of ether oxygens (including phenoxy) is 3. The van der Waals surface area contributed by atoms with Gasteiger partial charge in [-0.15, -0.1) is 0 Å². The third-order valence-corrected chi connectivity index (χ3v) is 3.73. The summed E-state index contributed by atoms with van der Waals surface area (Å²) in [6, 6.07) is 8.78. The maximum absolute atomic E-state index is 12.3. The molecular formula is C18H18ClN3O6. The van der Waals surface area contributed by atoms with Crippen molar-refractivity contribution in [2.45, 2.75) is 0 Å². The first-order valence-electron chi connectivity index (χ1n) is 7.89. The first-order valence-corrected chi connectivity index (χ1v) is 8.27. The summed E-state index contributed by atoms with van der Waals surface area (Å²) >= 11 is 5.89. The van der Waals surface area contributed by atoms with Gasteiger partial charge in [-0.25, -0.2) is 0 Å². The lowest BCUT2D eigenvalue weighted by Crippen LogP contribution is -2.41. The first-order chi connectivity index (χ1) is 13.3. The van der Waals surface area contributed by atoms with Gasteiger partial charge < -0.3 is 19.9 Å². The molecule has 0 saturated carbocycles. The zero-order valence-electron chi connectivity index (χ0n) is 15.1. The maximum Gasteiger partial charge on any atom is 0.273 e. The zero-order chi connectivity index (χ0) is 20.7. The molecule has 2 rings (SSSR count). The van der Waals surface area contributed by atoms with Crippen LogP contribution in [0.5, 0.6) is 17.2 Å². The normalized spacial score (nSPS) is 9.96. The summed E-state index contributed by atoms with van der Waals surface area (Å²) in [5, 5.41) is 0.341. The molecule has 0 unspecified atom stereocenters. The minimum Gasteiger partial charge on any atom is -0.496 e. The van der Waals surface area contributed by atoms with Gasteiger partial charge in [0.1, 0.15) is 5.75 Å². The second kappa shape index (κ2) is 9.47. The van der Waals surface area contributed by atoms with Gasteiger partial charge >= 0.3 is 0 Å². The number of hydrogen-bond donors (Lipinski definition) is 3. The van der Waals surface area contributed by atoms with Crippen LogP contribution in [0.1, 0.15) is 20.7 Å². The van der Waals surface area contributed by atoms with E-state index in [0.29, 0.717) is 10.8 Å². The monoisotopic (exact) mass is 407 g/mol. The molecule has 0 spiro atoms. The average Bonchev–Trinajstić information content (AvgIpc) is 2.69. The SMILES string of the molecule is COc1cc(C(=O)NNC(=O)c2cc(Cl)ccc2OC)ccc1OCC(N)=O. The lowest BCUT2D eigenvalue weighted by atomic mass is 10.2. The minimum absolute atomic E-state index is 0.156. The summed E-state index contributed by atoms with van der Waals surface area (Å²) in [6.07, 6.45) is 0. The number of nitrogens with two attached hydrogens (primary N) is 1. The molecule has 2 aromatic rings. The molecule has 0 heterocycles. The molecule has 0 radical (unpaired) electrons. The number of halogens is 1. The quantitative estimate of drug-likeness (QED) is 0.593. The van der Waals surface area contributed by atoms with Gasteiger partial charge in [-0.2, -0.15) is 0 Å². The lowest BCUT2D eigenvalue weighted by molar-refractivity contribution is -0.119. The number of hydrogen-bond acceptors (Lipinski definition) is 6. The number of primary amides is 1. The van der Waals surface area contributed by atoms with Crippen LogP contribution in [-0.2, 0) is 4.79 Å². The van der Waals surface area contributed by atoms with Gasteiger partial charge in [-0.1, -0.05) is 11.6 Å². The van der Waals surface area contributed by atoms with Crippen LogP contribution in [0.2, 0.25) is 5.02 Å². The number of rotatable bonds is 7. The Morgan fingerprint density at radius 3 is 2.21 bits per heavy atom. The predicted molar refractivity (Wildman–Crippen MR) is 101 cm³/mol. The molecule has 0 fully saturated rings. The Balaban J connectivity index is 2.07. The number of hydrazine groups is 1. The molecule has 0 aliphatic carbocycles. The van der Waals surface area contributed by atoms with E-state index in [1.165, 1.54) is 44.6 Å². The van der Waals surface area contributed by atoms with E-state index in [1.807, 2.05) is 0 Å². The van der Waals surface area contributed by atoms with Crippen LogP contribution in [0, 0.1) is 0 Å². The van der Waals surface area contributed by atoms with Gasteiger partial charge in [0.25, 0.3) is 17.7 Å². The fraction of sp³-hybridized carbons (Fsp3) is 0.167. The molecule has 9 nitrogen and oxygen atoms in total. The maximum atomic E-state index is 12.3. The van der Waals surface area contributed by atoms with E-state index in [0.717, 1.165) is 0 Å². The number of nitrogens with one attached hydrogen (secondary N) is 2.